The van der Waals surface area contributed by atoms with E-state index in [-0.39, 0.29) is 22.7 Å². The Labute approximate surface area is 109 Å². The standard InChI is InChI=1S/C12H14N4O3/c13-9(17)6-3-7(10(14)18)5-8(4-6)16-11(19)12(15)1-2-12/h3-5H,1-2,15H2,(H2,13,17)(H2,14,18)(H,16,19). The van der Waals surface area contributed by atoms with Crippen LogP contribution in [0.5, 0.6) is 0 Å². The minimum Gasteiger partial charge on any atom is -0.366 e. The zero-order chi connectivity index (χ0) is 14.2. The maximum absolute atomic E-state index is 11.8. The van der Waals surface area contributed by atoms with E-state index in [2.05, 4.69) is 5.32 Å². The number of primary amides is 2. The highest BCUT2D eigenvalue weighted by molar-refractivity contribution is 6.04. The van der Waals surface area contributed by atoms with Crippen LogP contribution in [0, 0.1) is 0 Å². The normalized spacial score (nSPS) is 15.6. The van der Waals surface area contributed by atoms with Crippen molar-refractivity contribution >= 4 is 23.4 Å². The summed E-state index contributed by atoms with van der Waals surface area (Å²) in [5.41, 5.74) is 15.6. The molecule has 1 aliphatic rings. The zero-order valence-electron chi connectivity index (χ0n) is 10.1. The van der Waals surface area contributed by atoms with Gasteiger partial charge in [-0.1, -0.05) is 0 Å². The van der Waals surface area contributed by atoms with Crippen LogP contribution in [0.2, 0.25) is 0 Å². The molecular weight excluding hydrogens is 248 g/mol. The molecule has 0 bridgehead atoms. The largest absolute Gasteiger partial charge is 0.366 e. The molecule has 1 saturated carbocycles. The lowest BCUT2D eigenvalue weighted by molar-refractivity contribution is -0.118. The topological polar surface area (TPSA) is 141 Å². The van der Waals surface area contributed by atoms with Crippen molar-refractivity contribution in [3.05, 3.63) is 29.3 Å². The summed E-state index contributed by atoms with van der Waals surface area (Å²) in [7, 11) is 0. The van der Waals surface area contributed by atoms with Gasteiger partial charge in [-0.05, 0) is 31.0 Å². The average molecular weight is 262 g/mol. The molecule has 0 radical (unpaired) electrons. The van der Waals surface area contributed by atoms with Crippen LogP contribution in [0.3, 0.4) is 0 Å². The summed E-state index contributed by atoms with van der Waals surface area (Å²) in [5.74, 6) is -1.79. The molecule has 0 atom stereocenters. The number of hydrogen-bond donors (Lipinski definition) is 4. The summed E-state index contributed by atoms with van der Waals surface area (Å²) in [6.45, 7) is 0. The van der Waals surface area contributed by atoms with Crippen molar-refractivity contribution in [3.8, 4) is 0 Å². The number of benzene rings is 1. The fourth-order valence-electron chi connectivity index (χ4n) is 1.60. The molecule has 0 saturated heterocycles. The second-order valence-electron chi connectivity index (χ2n) is 4.64. The first-order chi connectivity index (χ1) is 8.82. The van der Waals surface area contributed by atoms with Gasteiger partial charge in [-0.2, -0.15) is 0 Å². The predicted octanol–water partition coefficient (Wildman–Crippen LogP) is -0.686. The van der Waals surface area contributed by atoms with Crippen molar-refractivity contribution in [2.24, 2.45) is 17.2 Å². The quantitative estimate of drug-likeness (QED) is 0.570. The zero-order valence-corrected chi connectivity index (χ0v) is 10.1. The van der Waals surface area contributed by atoms with E-state index in [0.29, 0.717) is 12.8 Å². The molecule has 1 fully saturated rings. The van der Waals surface area contributed by atoms with Gasteiger partial charge in [0.1, 0.15) is 0 Å². The van der Waals surface area contributed by atoms with Gasteiger partial charge in [-0.25, -0.2) is 0 Å². The highest BCUT2D eigenvalue weighted by Crippen LogP contribution is 2.33. The van der Waals surface area contributed by atoms with Gasteiger partial charge in [0, 0.05) is 16.8 Å². The first kappa shape index (κ1) is 13.0. The van der Waals surface area contributed by atoms with E-state index in [1.165, 1.54) is 18.2 Å². The summed E-state index contributed by atoms with van der Waals surface area (Å²) >= 11 is 0. The molecule has 100 valence electrons. The van der Waals surface area contributed by atoms with Crippen LogP contribution >= 0.6 is 0 Å². The van der Waals surface area contributed by atoms with Gasteiger partial charge in [-0.3, -0.25) is 14.4 Å². The lowest BCUT2D eigenvalue weighted by atomic mass is 10.1. The summed E-state index contributed by atoms with van der Waals surface area (Å²) < 4.78 is 0. The molecule has 0 aromatic heterocycles. The second-order valence-corrected chi connectivity index (χ2v) is 4.64. The second kappa shape index (κ2) is 4.36. The lowest BCUT2D eigenvalue weighted by Gasteiger charge is -2.11. The minimum absolute atomic E-state index is 0.0912. The van der Waals surface area contributed by atoms with Gasteiger partial charge in [0.05, 0.1) is 5.54 Å². The van der Waals surface area contributed by atoms with E-state index in [0.717, 1.165) is 0 Å². The van der Waals surface area contributed by atoms with Crippen LogP contribution in [0.1, 0.15) is 33.6 Å². The fraction of sp³-hybridized carbons (Fsp3) is 0.250. The maximum Gasteiger partial charge on any atom is 0.248 e. The van der Waals surface area contributed by atoms with Gasteiger partial charge in [0.25, 0.3) is 0 Å². The van der Waals surface area contributed by atoms with E-state index in [1.807, 2.05) is 0 Å². The summed E-state index contributed by atoms with van der Waals surface area (Å²) in [6.07, 6.45) is 1.22. The van der Waals surface area contributed by atoms with Gasteiger partial charge in [-0.15, -0.1) is 0 Å². The Kier molecular flexibility index (Phi) is 2.99. The van der Waals surface area contributed by atoms with Crippen molar-refractivity contribution in [1.29, 1.82) is 0 Å². The average Bonchev–Trinajstić information content (AvgIpc) is 3.08. The number of hydrogen-bond acceptors (Lipinski definition) is 4. The van der Waals surface area contributed by atoms with Crippen molar-refractivity contribution in [2.45, 2.75) is 18.4 Å². The molecule has 0 spiro atoms. The number of amides is 3. The fourth-order valence-corrected chi connectivity index (χ4v) is 1.60. The molecule has 19 heavy (non-hydrogen) atoms. The Bertz CT molecular complexity index is 546. The molecule has 0 heterocycles. The van der Waals surface area contributed by atoms with E-state index in [4.69, 9.17) is 17.2 Å². The molecular formula is C12H14N4O3. The Balaban J connectivity index is 2.31. The van der Waals surface area contributed by atoms with Crippen molar-refractivity contribution in [3.63, 3.8) is 0 Å². The number of carbonyl (C=O) groups is 3. The third-order valence-corrected chi connectivity index (χ3v) is 3.00. The van der Waals surface area contributed by atoms with Crippen molar-refractivity contribution in [1.82, 2.24) is 0 Å². The van der Waals surface area contributed by atoms with Gasteiger partial charge in [0.15, 0.2) is 0 Å². The van der Waals surface area contributed by atoms with Crippen LogP contribution in [0.15, 0.2) is 18.2 Å². The monoisotopic (exact) mass is 262 g/mol. The van der Waals surface area contributed by atoms with E-state index in [1.54, 1.807) is 0 Å². The highest BCUT2D eigenvalue weighted by atomic mass is 16.2. The lowest BCUT2D eigenvalue weighted by Crippen LogP contribution is -2.37. The van der Waals surface area contributed by atoms with Gasteiger partial charge >= 0.3 is 0 Å². The molecule has 0 aliphatic heterocycles. The molecule has 7 N–H and O–H groups in total. The van der Waals surface area contributed by atoms with Crippen molar-refractivity contribution in [2.75, 3.05) is 5.32 Å². The van der Waals surface area contributed by atoms with E-state index >= 15 is 0 Å². The number of rotatable bonds is 4. The van der Waals surface area contributed by atoms with E-state index in [9.17, 15) is 14.4 Å². The van der Waals surface area contributed by atoms with Crippen molar-refractivity contribution < 1.29 is 14.4 Å². The molecule has 0 unspecified atom stereocenters. The Morgan fingerprint density at radius 3 is 1.84 bits per heavy atom. The Morgan fingerprint density at radius 2 is 1.47 bits per heavy atom. The Hall–Kier alpha value is -2.41. The predicted molar refractivity (Wildman–Crippen MR) is 68.3 cm³/mol. The molecule has 7 heteroatoms. The first-order valence-corrected chi connectivity index (χ1v) is 5.67. The molecule has 1 aromatic rings. The van der Waals surface area contributed by atoms with Crippen LogP contribution in [0.25, 0.3) is 0 Å². The maximum atomic E-state index is 11.8. The molecule has 1 aromatic carbocycles. The minimum atomic E-state index is -0.852. The molecule has 1 aliphatic carbocycles. The third kappa shape index (κ3) is 2.71. The third-order valence-electron chi connectivity index (χ3n) is 3.00. The number of carbonyl (C=O) groups excluding carboxylic acids is 3. The highest BCUT2D eigenvalue weighted by Gasteiger charge is 2.45. The number of nitrogens with two attached hydrogens (primary N) is 3. The van der Waals surface area contributed by atoms with Crippen LogP contribution in [0.4, 0.5) is 5.69 Å². The SMILES string of the molecule is NC(=O)c1cc(NC(=O)C2(N)CC2)cc(C(N)=O)c1. The van der Waals surface area contributed by atoms with Crippen LogP contribution < -0.4 is 22.5 Å². The molecule has 7 nitrogen and oxygen atoms in total. The summed E-state index contributed by atoms with van der Waals surface area (Å²) in [6, 6.07) is 4.02. The summed E-state index contributed by atoms with van der Waals surface area (Å²) in [5, 5.41) is 2.56. The van der Waals surface area contributed by atoms with Gasteiger partial charge in [0.2, 0.25) is 17.7 Å². The summed E-state index contributed by atoms with van der Waals surface area (Å²) in [4.78, 5) is 34.1. The Morgan fingerprint density at radius 1 is 1.00 bits per heavy atom. The van der Waals surface area contributed by atoms with Crippen LogP contribution in [-0.4, -0.2) is 23.3 Å². The number of anilines is 1. The first-order valence-electron chi connectivity index (χ1n) is 5.67. The molecule has 2 rings (SSSR count). The number of nitrogens with one attached hydrogen (secondary N) is 1. The smallest absolute Gasteiger partial charge is 0.248 e. The van der Waals surface area contributed by atoms with Gasteiger partial charge < -0.3 is 22.5 Å². The van der Waals surface area contributed by atoms with Crippen LogP contribution in [-0.2, 0) is 4.79 Å². The van der Waals surface area contributed by atoms with E-state index < -0.39 is 17.4 Å². The molecule has 3 amide bonds.